The van der Waals surface area contributed by atoms with E-state index in [1.54, 1.807) is 32.0 Å². The van der Waals surface area contributed by atoms with E-state index in [2.05, 4.69) is 10.6 Å². The zero-order valence-electron chi connectivity index (χ0n) is 12.2. The maximum Gasteiger partial charge on any atom is 0.313 e. The van der Waals surface area contributed by atoms with Gasteiger partial charge in [0.15, 0.2) is 0 Å². The molecule has 0 aliphatic rings. The average molecular weight is 279 g/mol. The van der Waals surface area contributed by atoms with Gasteiger partial charge in [0.1, 0.15) is 0 Å². The zero-order chi connectivity index (χ0) is 15.3. The molecule has 0 aliphatic heterocycles. The molecule has 1 rings (SSSR count). The van der Waals surface area contributed by atoms with Gasteiger partial charge in [-0.15, -0.1) is 0 Å². The zero-order valence-corrected chi connectivity index (χ0v) is 12.2. The molecule has 0 saturated heterocycles. The number of hydrogen-bond donors (Lipinski definition) is 3. The summed E-state index contributed by atoms with van der Waals surface area (Å²) in [5, 5.41) is 14.0. The molecule has 0 aliphatic carbocycles. The quantitative estimate of drug-likeness (QED) is 0.704. The number of amides is 2. The van der Waals surface area contributed by atoms with Crippen molar-refractivity contribution >= 4 is 23.2 Å². The molecule has 1 aromatic carbocycles. The Balaban J connectivity index is 2.71. The summed E-state index contributed by atoms with van der Waals surface area (Å²) in [6, 6.07) is 7.16. The van der Waals surface area contributed by atoms with Crippen LogP contribution in [0.25, 0.3) is 0 Å². The predicted octanol–water partition coefficient (Wildman–Crippen LogP) is 0.578. The summed E-state index contributed by atoms with van der Waals surface area (Å²) in [6.45, 7) is 3.01. The summed E-state index contributed by atoms with van der Waals surface area (Å²) in [6.07, 6.45) is 0. The first-order chi connectivity index (χ1) is 9.25. The number of nitrogens with one attached hydrogen (secondary N) is 2. The summed E-state index contributed by atoms with van der Waals surface area (Å²) in [5.41, 5.74) is 0.622. The van der Waals surface area contributed by atoms with E-state index in [-0.39, 0.29) is 6.61 Å². The van der Waals surface area contributed by atoms with E-state index in [9.17, 15) is 9.59 Å². The molecule has 6 heteroatoms. The van der Waals surface area contributed by atoms with Gasteiger partial charge in [-0.25, -0.2) is 0 Å². The fourth-order valence-electron chi connectivity index (χ4n) is 1.45. The van der Waals surface area contributed by atoms with Gasteiger partial charge in [-0.05, 0) is 32.0 Å². The third-order valence-electron chi connectivity index (χ3n) is 2.67. The van der Waals surface area contributed by atoms with Crippen LogP contribution in [0.5, 0.6) is 0 Å². The number of hydrogen-bond acceptors (Lipinski definition) is 4. The lowest BCUT2D eigenvalue weighted by Crippen LogP contribution is -2.50. The molecule has 0 bridgehead atoms. The summed E-state index contributed by atoms with van der Waals surface area (Å²) in [7, 11) is 3.77. The van der Waals surface area contributed by atoms with Gasteiger partial charge in [0.05, 0.1) is 12.1 Å². The number of aliphatic hydroxyl groups excluding tert-OH is 1. The van der Waals surface area contributed by atoms with Crippen LogP contribution >= 0.6 is 0 Å². The molecule has 0 spiro atoms. The van der Waals surface area contributed by atoms with Gasteiger partial charge in [0.2, 0.25) is 0 Å². The number of rotatable bonds is 4. The second-order valence-corrected chi connectivity index (χ2v) is 5.40. The maximum absolute atomic E-state index is 11.8. The minimum Gasteiger partial charge on any atom is -0.394 e. The van der Waals surface area contributed by atoms with Crippen LogP contribution < -0.4 is 15.5 Å². The number of nitrogens with zero attached hydrogens (tertiary/aromatic N) is 1. The summed E-state index contributed by atoms with van der Waals surface area (Å²) in [5.74, 6) is -1.54. The summed E-state index contributed by atoms with van der Waals surface area (Å²) < 4.78 is 0. The number of aliphatic hydroxyl groups is 1. The predicted molar refractivity (Wildman–Crippen MR) is 78.7 cm³/mol. The van der Waals surface area contributed by atoms with Crippen molar-refractivity contribution in [2.75, 3.05) is 30.9 Å². The Bertz CT molecular complexity index is 498. The van der Waals surface area contributed by atoms with Crippen molar-refractivity contribution in [3.8, 4) is 0 Å². The molecule has 6 nitrogen and oxygen atoms in total. The van der Waals surface area contributed by atoms with Crippen LogP contribution in [0.4, 0.5) is 11.4 Å². The van der Waals surface area contributed by atoms with E-state index in [1.807, 2.05) is 25.1 Å². The highest BCUT2D eigenvalue weighted by Crippen LogP contribution is 2.17. The van der Waals surface area contributed by atoms with Gasteiger partial charge >= 0.3 is 11.8 Å². The van der Waals surface area contributed by atoms with Crippen molar-refractivity contribution in [3.05, 3.63) is 24.3 Å². The van der Waals surface area contributed by atoms with Crippen molar-refractivity contribution in [1.29, 1.82) is 0 Å². The lowest BCUT2D eigenvalue weighted by molar-refractivity contribution is -0.137. The van der Waals surface area contributed by atoms with Crippen LogP contribution in [0.1, 0.15) is 13.8 Å². The van der Waals surface area contributed by atoms with E-state index >= 15 is 0 Å². The molecule has 0 saturated carbocycles. The van der Waals surface area contributed by atoms with E-state index in [1.165, 1.54) is 0 Å². The lowest BCUT2D eigenvalue weighted by Gasteiger charge is -2.23. The normalized spacial score (nSPS) is 10.8. The second kappa shape index (κ2) is 6.38. The van der Waals surface area contributed by atoms with Gasteiger partial charge in [-0.3, -0.25) is 9.59 Å². The molecule has 2 amide bonds. The van der Waals surface area contributed by atoms with Gasteiger partial charge in [-0.1, -0.05) is 6.07 Å². The van der Waals surface area contributed by atoms with E-state index < -0.39 is 17.4 Å². The SMILES string of the molecule is CN(C)c1cccc(NC(=O)C(=O)NC(C)(C)CO)c1. The van der Waals surface area contributed by atoms with Crippen LogP contribution in [0, 0.1) is 0 Å². The highest BCUT2D eigenvalue weighted by atomic mass is 16.3. The first-order valence-corrected chi connectivity index (χ1v) is 6.27. The molecule has 1 aromatic rings. The van der Waals surface area contributed by atoms with Crippen LogP contribution in [-0.2, 0) is 9.59 Å². The van der Waals surface area contributed by atoms with Crippen molar-refractivity contribution in [1.82, 2.24) is 5.32 Å². The molecule has 0 unspecified atom stereocenters. The van der Waals surface area contributed by atoms with Gasteiger partial charge in [-0.2, -0.15) is 0 Å². The molecule has 0 fully saturated rings. The molecular formula is C14H21N3O3. The van der Waals surface area contributed by atoms with Gasteiger partial charge in [0, 0.05) is 25.5 Å². The Morgan fingerprint density at radius 1 is 1.25 bits per heavy atom. The second-order valence-electron chi connectivity index (χ2n) is 5.40. The summed E-state index contributed by atoms with van der Waals surface area (Å²) in [4.78, 5) is 25.4. The summed E-state index contributed by atoms with van der Waals surface area (Å²) >= 11 is 0. The lowest BCUT2D eigenvalue weighted by atomic mass is 10.1. The molecular weight excluding hydrogens is 258 g/mol. The average Bonchev–Trinajstić information content (AvgIpc) is 2.38. The minimum absolute atomic E-state index is 0.248. The fraction of sp³-hybridized carbons (Fsp3) is 0.429. The molecule has 0 atom stereocenters. The topological polar surface area (TPSA) is 81.7 Å². The number of benzene rings is 1. The van der Waals surface area contributed by atoms with Crippen molar-refractivity contribution < 1.29 is 14.7 Å². The Labute approximate surface area is 118 Å². The highest BCUT2D eigenvalue weighted by Gasteiger charge is 2.23. The van der Waals surface area contributed by atoms with Crippen LogP contribution in [0.3, 0.4) is 0 Å². The Morgan fingerprint density at radius 2 is 1.90 bits per heavy atom. The Morgan fingerprint density at radius 3 is 2.45 bits per heavy atom. The molecule has 0 aromatic heterocycles. The monoisotopic (exact) mass is 279 g/mol. The van der Waals surface area contributed by atoms with E-state index in [4.69, 9.17) is 5.11 Å². The van der Waals surface area contributed by atoms with E-state index in [0.29, 0.717) is 5.69 Å². The third kappa shape index (κ3) is 4.55. The smallest absolute Gasteiger partial charge is 0.313 e. The van der Waals surface area contributed by atoms with Crippen molar-refractivity contribution in [2.24, 2.45) is 0 Å². The van der Waals surface area contributed by atoms with Crippen LogP contribution in [-0.4, -0.2) is 43.2 Å². The Hall–Kier alpha value is -2.08. The van der Waals surface area contributed by atoms with Crippen LogP contribution in [0.2, 0.25) is 0 Å². The highest BCUT2D eigenvalue weighted by molar-refractivity contribution is 6.39. The van der Waals surface area contributed by atoms with Gasteiger partial charge in [0.25, 0.3) is 0 Å². The largest absolute Gasteiger partial charge is 0.394 e. The molecule has 3 N–H and O–H groups in total. The standard InChI is InChI=1S/C14H21N3O3/c1-14(2,9-18)16-13(20)12(19)15-10-6-5-7-11(8-10)17(3)4/h5-8,18H,9H2,1-4H3,(H,15,19)(H,16,20). The van der Waals surface area contributed by atoms with E-state index in [0.717, 1.165) is 5.69 Å². The van der Waals surface area contributed by atoms with Crippen molar-refractivity contribution in [3.63, 3.8) is 0 Å². The molecule has 20 heavy (non-hydrogen) atoms. The maximum atomic E-state index is 11.8. The molecule has 0 radical (unpaired) electrons. The Kier molecular flexibility index (Phi) is 5.10. The van der Waals surface area contributed by atoms with Gasteiger partial charge < -0.3 is 20.6 Å². The van der Waals surface area contributed by atoms with Crippen molar-refractivity contribution in [2.45, 2.75) is 19.4 Å². The minimum atomic E-state index is -0.833. The molecule has 0 heterocycles. The molecule has 110 valence electrons. The first kappa shape index (κ1) is 16.0. The fourth-order valence-corrected chi connectivity index (χ4v) is 1.45. The first-order valence-electron chi connectivity index (χ1n) is 6.27. The number of carbonyl (C=O) groups is 2. The number of anilines is 2. The number of carbonyl (C=O) groups excluding carboxylic acids is 2. The van der Waals surface area contributed by atoms with Crippen LogP contribution in [0.15, 0.2) is 24.3 Å². The third-order valence-corrected chi connectivity index (χ3v) is 2.67.